The van der Waals surface area contributed by atoms with Crippen LogP contribution in [0.5, 0.6) is 0 Å². The zero-order valence-electron chi connectivity index (χ0n) is 13.6. The summed E-state index contributed by atoms with van der Waals surface area (Å²) in [5, 5.41) is 0. The highest BCUT2D eigenvalue weighted by Crippen LogP contribution is 2.32. The summed E-state index contributed by atoms with van der Waals surface area (Å²) in [5.41, 5.74) is 5.68. The second-order valence-electron chi connectivity index (χ2n) is 6.73. The van der Waals surface area contributed by atoms with Gasteiger partial charge in [-0.25, -0.2) is 0 Å². The molecule has 0 spiro atoms. The smallest absolute Gasteiger partial charge is 0.225 e. The SMILES string of the molecule is CCCOC1CCCN(C(=O)C2CCCC(CCN)C2)C1. The quantitative estimate of drug-likeness (QED) is 0.819. The van der Waals surface area contributed by atoms with Gasteiger partial charge < -0.3 is 15.4 Å². The molecule has 2 N–H and O–H groups in total. The van der Waals surface area contributed by atoms with Gasteiger partial charge in [-0.3, -0.25) is 4.79 Å². The highest BCUT2D eigenvalue weighted by molar-refractivity contribution is 5.79. The molecule has 21 heavy (non-hydrogen) atoms. The van der Waals surface area contributed by atoms with Crippen LogP contribution in [0.2, 0.25) is 0 Å². The van der Waals surface area contributed by atoms with Crippen LogP contribution in [-0.4, -0.2) is 43.2 Å². The first kappa shape index (κ1) is 16.8. The summed E-state index contributed by atoms with van der Waals surface area (Å²) in [5.74, 6) is 1.27. The van der Waals surface area contributed by atoms with E-state index in [4.69, 9.17) is 10.5 Å². The monoisotopic (exact) mass is 296 g/mol. The molecule has 122 valence electrons. The molecule has 1 saturated heterocycles. The molecular weight excluding hydrogens is 264 g/mol. The fourth-order valence-electron chi connectivity index (χ4n) is 3.83. The standard InChI is InChI=1S/C17H32N2O2/c1-2-11-21-16-7-4-10-19(13-16)17(20)15-6-3-5-14(12-15)8-9-18/h14-16H,2-13,18H2,1H3. The Morgan fingerprint density at radius 3 is 2.90 bits per heavy atom. The average molecular weight is 296 g/mol. The van der Waals surface area contributed by atoms with Crippen LogP contribution in [0, 0.1) is 11.8 Å². The molecule has 0 aromatic rings. The Balaban J connectivity index is 1.83. The van der Waals surface area contributed by atoms with Gasteiger partial charge >= 0.3 is 0 Å². The summed E-state index contributed by atoms with van der Waals surface area (Å²) in [6, 6.07) is 0. The van der Waals surface area contributed by atoms with E-state index in [1.807, 2.05) is 0 Å². The van der Waals surface area contributed by atoms with Gasteiger partial charge in [-0.05, 0) is 51.0 Å². The van der Waals surface area contributed by atoms with Crippen LogP contribution in [0.15, 0.2) is 0 Å². The highest BCUT2D eigenvalue weighted by atomic mass is 16.5. The molecular formula is C17H32N2O2. The molecule has 2 rings (SSSR count). The highest BCUT2D eigenvalue weighted by Gasteiger charge is 2.32. The molecule has 1 saturated carbocycles. The van der Waals surface area contributed by atoms with E-state index in [0.717, 1.165) is 64.8 Å². The number of nitrogens with two attached hydrogens (primary N) is 1. The first-order chi connectivity index (χ1) is 10.2. The van der Waals surface area contributed by atoms with E-state index in [1.54, 1.807) is 0 Å². The molecule has 4 nitrogen and oxygen atoms in total. The molecule has 0 radical (unpaired) electrons. The first-order valence-electron chi connectivity index (χ1n) is 8.85. The maximum atomic E-state index is 12.8. The molecule has 1 amide bonds. The van der Waals surface area contributed by atoms with Crippen LogP contribution in [-0.2, 0) is 9.53 Å². The van der Waals surface area contributed by atoms with Crippen LogP contribution in [0.4, 0.5) is 0 Å². The molecule has 0 aromatic carbocycles. The number of carbonyl (C=O) groups excluding carboxylic acids is 1. The molecule has 1 aliphatic heterocycles. The number of rotatable bonds is 6. The topological polar surface area (TPSA) is 55.6 Å². The van der Waals surface area contributed by atoms with Gasteiger partial charge in [0.25, 0.3) is 0 Å². The maximum absolute atomic E-state index is 12.8. The number of hydrogen-bond acceptors (Lipinski definition) is 3. The second-order valence-corrected chi connectivity index (χ2v) is 6.73. The van der Waals surface area contributed by atoms with Crippen molar-refractivity contribution in [2.45, 2.75) is 64.4 Å². The van der Waals surface area contributed by atoms with Crippen molar-refractivity contribution in [3.63, 3.8) is 0 Å². The minimum absolute atomic E-state index is 0.236. The molecule has 3 atom stereocenters. The molecule has 2 fully saturated rings. The predicted molar refractivity (Wildman–Crippen MR) is 85.0 cm³/mol. The summed E-state index contributed by atoms with van der Waals surface area (Å²) in [7, 11) is 0. The van der Waals surface area contributed by atoms with Gasteiger partial charge in [-0.1, -0.05) is 19.8 Å². The normalized spacial score (nSPS) is 30.4. The number of hydrogen-bond donors (Lipinski definition) is 1. The van der Waals surface area contributed by atoms with Crippen molar-refractivity contribution in [2.24, 2.45) is 17.6 Å². The Kier molecular flexibility index (Phi) is 6.97. The molecule has 0 aromatic heterocycles. The van der Waals surface area contributed by atoms with E-state index in [2.05, 4.69) is 11.8 Å². The van der Waals surface area contributed by atoms with Crippen molar-refractivity contribution in [1.29, 1.82) is 0 Å². The Morgan fingerprint density at radius 1 is 1.29 bits per heavy atom. The number of piperidine rings is 1. The molecule has 1 heterocycles. The molecule has 3 unspecified atom stereocenters. The van der Waals surface area contributed by atoms with Crippen molar-refractivity contribution in [3.05, 3.63) is 0 Å². The largest absolute Gasteiger partial charge is 0.376 e. The van der Waals surface area contributed by atoms with E-state index in [9.17, 15) is 4.79 Å². The van der Waals surface area contributed by atoms with Crippen molar-refractivity contribution < 1.29 is 9.53 Å². The third kappa shape index (κ3) is 4.96. The Bertz CT molecular complexity index is 320. The maximum Gasteiger partial charge on any atom is 0.225 e. The van der Waals surface area contributed by atoms with Gasteiger partial charge in [-0.15, -0.1) is 0 Å². The summed E-state index contributed by atoms with van der Waals surface area (Å²) >= 11 is 0. The van der Waals surface area contributed by atoms with Gasteiger partial charge in [0.15, 0.2) is 0 Å². The van der Waals surface area contributed by atoms with Crippen LogP contribution in [0.25, 0.3) is 0 Å². The van der Waals surface area contributed by atoms with Gasteiger partial charge in [0, 0.05) is 25.6 Å². The summed E-state index contributed by atoms with van der Waals surface area (Å²) in [4.78, 5) is 14.8. The number of carbonyl (C=O) groups is 1. The van der Waals surface area contributed by atoms with Crippen molar-refractivity contribution >= 4 is 5.91 Å². The lowest BCUT2D eigenvalue weighted by Crippen LogP contribution is -2.46. The molecule has 2 aliphatic rings. The van der Waals surface area contributed by atoms with E-state index >= 15 is 0 Å². The van der Waals surface area contributed by atoms with E-state index < -0.39 is 0 Å². The van der Waals surface area contributed by atoms with Crippen molar-refractivity contribution in [1.82, 2.24) is 4.90 Å². The van der Waals surface area contributed by atoms with Crippen molar-refractivity contribution in [2.75, 3.05) is 26.2 Å². The second kappa shape index (κ2) is 8.74. The lowest BCUT2D eigenvalue weighted by Gasteiger charge is -2.37. The van der Waals surface area contributed by atoms with Gasteiger partial charge in [0.2, 0.25) is 5.91 Å². The minimum atomic E-state index is 0.236. The number of likely N-dealkylation sites (tertiary alicyclic amines) is 1. The summed E-state index contributed by atoms with van der Waals surface area (Å²) in [6.07, 6.45) is 9.12. The Labute approximate surface area is 129 Å². The molecule has 4 heteroatoms. The summed E-state index contributed by atoms with van der Waals surface area (Å²) < 4.78 is 5.85. The number of ether oxygens (including phenoxy) is 1. The van der Waals surface area contributed by atoms with Gasteiger partial charge in [0.05, 0.1) is 6.10 Å². The van der Waals surface area contributed by atoms with Crippen LogP contribution in [0.1, 0.15) is 58.3 Å². The predicted octanol–water partition coefficient (Wildman–Crippen LogP) is 2.56. The fraction of sp³-hybridized carbons (Fsp3) is 0.941. The van der Waals surface area contributed by atoms with Crippen molar-refractivity contribution in [3.8, 4) is 0 Å². The van der Waals surface area contributed by atoms with Crippen LogP contribution >= 0.6 is 0 Å². The van der Waals surface area contributed by atoms with E-state index in [0.29, 0.717) is 11.8 Å². The molecule has 0 bridgehead atoms. The number of nitrogens with zero attached hydrogens (tertiary/aromatic N) is 1. The summed E-state index contributed by atoms with van der Waals surface area (Å²) in [6.45, 7) is 5.42. The van der Waals surface area contributed by atoms with E-state index in [-0.39, 0.29) is 12.0 Å². The zero-order chi connectivity index (χ0) is 15.1. The number of amides is 1. The van der Waals surface area contributed by atoms with Crippen LogP contribution in [0.3, 0.4) is 0 Å². The lowest BCUT2D eigenvalue weighted by atomic mass is 9.79. The minimum Gasteiger partial charge on any atom is -0.376 e. The van der Waals surface area contributed by atoms with Crippen LogP contribution < -0.4 is 5.73 Å². The van der Waals surface area contributed by atoms with E-state index in [1.165, 1.54) is 12.8 Å². The Hall–Kier alpha value is -0.610. The fourth-order valence-corrected chi connectivity index (χ4v) is 3.83. The lowest BCUT2D eigenvalue weighted by molar-refractivity contribution is -0.141. The Morgan fingerprint density at radius 2 is 2.14 bits per heavy atom. The first-order valence-corrected chi connectivity index (χ1v) is 8.85. The molecule has 1 aliphatic carbocycles. The average Bonchev–Trinajstić information content (AvgIpc) is 2.53. The van der Waals surface area contributed by atoms with Gasteiger partial charge in [-0.2, -0.15) is 0 Å². The third-order valence-corrected chi connectivity index (χ3v) is 4.95. The van der Waals surface area contributed by atoms with Gasteiger partial charge in [0.1, 0.15) is 0 Å². The third-order valence-electron chi connectivity index (χ3n) is 4.95. The zero-order valence-corrected chi connectivity index (χ0v) is 13.6.